The molecule has 0 radical (unpaired) electrons. The van der Waals surface area contributed by atoms with Gasteiger partial charge < -0.3 is 9.47 Å². The van der Waals surface area contributed by atoms with Crippen LogP contribution in [0.1, 0.15) is 22.8 Å². The minimum Gasteiger partial charge on any atom is -0.486 e. The van der Waals surface area contributed by atoms with Crippen LogP contribution in [0.15, 0.2) is 41.3 Å². The fraction of sp³-hybridized carbons (Fsp3) is 0.235. The largest absolute Gasteiger partial charge is 0.486 e. The zero-order valence-electron chi connectivity index (χ0n) is 13.3. The van der Waals surface area contributed by atoms with E-state index in [2.05, 4.69) is 4.72 Å². The van der Waals surface area contributed by atoms with E-state index in [0.29, 0.717) is 41.5 Å². The number of aryl methyl sites for hydroxylation is 1. The van der Waals surface area contributed by atoms with Crippen LogP contribution in [0.5, 0.6) is 11.5 Å². The van der Waals surface area contributed by atoms with Crippen molar-refractivity contribution < 1.29 is 22.7 Å². The molecule has 1 aliphatic rings. The topological polar surface area (TPSA) is 81.7 Å². The zero-order chi connectivity index (χ0) is 17.3. The average molecular weight is 347 g/mol. The van der Waals surface area contributed by atoms with Gasteiger partial charge in [-0.3, -0.25) is 9.52 Å². The molecule has 0 saturated heterocycles. The number of rotatable bonds is 4. The molecular weight excluding hydrogens is 330 g/mol. The number of carbonyl (C=O) groups excluding carboxylic acids is 1. The number of benzene rings is 2. The molecule has 2 aromatic rings. The van der Waals surface area contributed by atoms with Crippen molar-refractivity contribution >= 4 is 21.5 Å². The molecule has 0 amide bonds. The van der Waals surface area contributed by atoms with E-state index in [1.807, 2.05) is 0 Å². The molecule has 7 heteroatoms. The number of ketones is 1. The Labute approximate surface area is 140 Å². The molecule has 1 N–H and O–H groups in total. The van der Waals surface area contributed by atoms with Gasteiger partial charge in [0.1, 0.15) is 13.2 Å². The van der Waals surface area contributed by atoms with Crippen molar-refractivity contribution in [2.24, 2.45) is 0 Å². The molecule has 0 unspecified atom stereocenters. The summed E-state index contributed by atoms with van der Waals surface area (Å²) < 4.78 is 38.8. The Morgan fingerprint density at radius 1 is 1.08 bits per heavy atom. The molecule has 2 aromatic carbocycles. The van der Waals surface area contributed by atoms with Crippen LogP contribution in [-0.4, -0.2) is 27.4 Å². The summed E-state index contributed by atoms with van der Waals surface area (Å²) in [6, 6.07) is 9.47. The Bertz CT molecular complexity index is 905. The lowest BCUT2D eigenvalue weighted by atomic mass is 10.1. The third-order valence-electron chi connectivity index (χ3n) is 3.65. The molecule has 0 fully saturated rings. The van der Waals surface area contributed by atoms with E-state index >= 15 is 0 Å². The smallest absolute Gasteiger partial charge is 0.262 e. The minimum atomic E-state index is -3.82. The lowest BCUT2D eigenvalue weighted by molar-refractivity contribution is 0.101. The summed E-state index contributed by atoms with van der Waals surface area (Å²) in [5, 5.41) is 0. The van der Waals surface area contributed by atoms with E-state index in [0.717, 1.165) is 0 Å². The monoisotopic (exact) mass is 347 g/mol. The summed E-state index contributed by atoms with van der Waals surface area (Å²) >= 11 is 0. The van der Waals surface area contributed by atoms with Gasteiger partial charge >= 0.3 is 0 Å². The van der Waals surface area contributed by atoms with Crippen molar-refractivity contribution in [3.63, 3.8) is 0 Å². The van der Waals surface area contributed by atoms with Crippen molar-refractivity contribution in [2.45, 2.75) is 18.7 Å². The highest BCUT2D eigenvalue weighted by molar-refractivity contribution is 7.92. The van der Waals surface area contributed by atoms with Gasteiger partial charge in [0.05, 0.1) is 4.90 Å². The Hall–Kier alpha value is -2.54. The Kier molecular flexibility index (Phi) is 4.19. The molecule has 6 nitrogen and oxygen atoms in total. The molecule has 0 bridgehead atoms. The number of ether oxygens (including phenoxy) is 2. The summed E-state index contributed by atoms with van der Waals surface area (Å²) in [7, 11) is -3.82. The fourth-order valence-corrected chi connectivity index (χ4v) is 3.77. The molecular formula is C17H17NO5S. The van der Waals surface area contributed by atoms with Gasteiger partial charge in [-0.1, -0.05) is 12.1 Å². The maximum atomic E-state index is 12.7. The number of hydrogen-bond donors (Lipinski definition) is 1. The normalized spacial score (nSPS) is 13.4. The highest BCUT2D eigenvalue weighted by Crippen LogP contribution is 2.35. The van der Waals surface area contributed by atoms with E-state index in [1.54, 1.807) is 31.2 Å². The van der Waals surface area contributed by atoms with E-state index in [1.165, 1.54) is 19.1 Å². The first-order valence-corrected chi connectivity index (χ1v) is 8.89. The summed E-state index contributed by atoms with van der Waals surface area (Å²) in [4.78, 5) is 11.6. The second-order valence-electron chi connectivity index (χ2n) is 5.50. The molecule has 0 saturated carbocycles. The standard InChI is InChI=1S/C17H17NO5S/c1-11-8-15-16(23-7-6-22-15)10-17(11)24(20,21)18-14-5-3-4-13(9-14)12(2)19/h3-5,8-10,18H,6-7H2,1-2H3. The van der Waals surface area contributed by atoms with Gasteiger partial charge in [-0.05, 0) is 37.6 Å². The zero-order valence-corrected chi connectivity index (χ0v) is 14.1. The van der Waals surface area contributed by atoms with Crippen LogP contribution in [0.25, 0.3) is 0 Å². The van der Waals surface area contributed by atoms with Crippen LogP contribution in [0.4, 0.5) is 5.69 Å². The highest BCUT2D eigenvalue weighted by atomic mass is 32.2. The predicted octanol–water partition coefficient (Wildman–Crippen LogP) is 2.77. The Balaban J connectivity index is 1.96. The number of sulfonamides is 1. The third-order valence-corrected chi connectivity index (χ3v) is 5.17. The van der Waals surface area contributed by atoms with Crippen molar-refractivity contribution in [1.29, 1.82) is 0 Å². The van der Waals surface area contributed by atoms with Crippen molar-refractivity contribution in [3.8, 4) is 11.5 Å². The Morgan fingerprint density at radius 3 is 2.42 bits per heavy atom. The van der Waals surface area contributed by atoms with Crippen LogP contribution in [0.3, 0.4) is 0 Å². The summed E-state index contributed by atoms with van der Waals surface area (Å²) in [5.74, 6) is 0.813. The van der Waals surface area contributed by atoms with E-state index < -0.39 is 10.0 Å². The van der Waals surface area contributed by atoms with Crippen LogP contribution >= 0.6 is 0 Å². The average Bonchev–Trinajstić information content (AvgIpc) is 2.54. The molecule has 24 heavy (non-hydrogen) atoms. The first kappa shape index (κ1) is 16.3. The minimum absolute atomic E-state index is 0.111. The third kappa shape index (κ3) is 3.21. The van der Waals surface area contributed by atoms with Crippen LogP contribution in [0, 0.1) is 6.92 Å². The van der Waals surface area contributed by atoms with Crippen molar-refractivity contribution in [1.82, 2.24) is 0 Å². The molecule has 0 aromatic heterocycles. The number of nitrogens with one attached hydrogen (secondary N) is 1. The summed E-state index contributed by atoms with van der Waals surface area (Å²) in [6.45, 7) is 3.94. The summed E-state index contributed by atoms with van der Waals surface area (Å²) in [6.07, 6.45) is 0. The van der Waals surface area contributed by atoms with E-state index in [4.69, 9.17) is 9.47 Å². The molecule has 0 spiro atoms. The first-order valence-electron chi connectivity index (χ1n) is 7.41. The first-order chi connectivity index (χ1) is 11.4. The lowest BCUT2D eigenvalue weighted by Crippen LogP contribution is -2.18. The molecule has 1 heterocycles. The van der Waals surface area contributed by atoms with Gasteiger partial charge in [0.15, 0.2) is 17.3 Å². The summed E-state index contributed by atoms with van der Waals surface area (Å²) in [5.41, 5.74) is 1.32. The van der Waals surface area contributed by atoms with Gasteiger partial charge in [0.2, 0.25) is 0 Å². The van der Waals surface area contributed by atoms with Crippen LogP contribution < -0.4 is 14.2 Å². The van der Waals surface area contributed by atoms with Crippen molar-refractivity contribution in [3.05, 3.63) is 47.5 Å². The van der Waals surface area contributed by atoms with Gasteiger partial charge in [-0.2, -0.15) is 0 Å². The van der Waals surface area contributed by atoms with Gasteiger partial charge in [0.25, 0.3) is 10.0 Å². The van der Waals surface area contributed by atoms with Gasteiger partial charge in [0, 0.05) is 17.3 Å². The number of hydrogen-bond acceptors (Lipinski definition) is 5. The predicted molar refractivity (Wildman–Crippen MR) is 89.4 cm³/mol. The highest BCUT2D eigenvalue weighted by Gasteiger charge is 2.22. The van der Waals surface area contributed by atoms with E-state index in [9.17, 15) is 13.2 Å². The molecule has 1 aliphatic heterocycles. The van der Waals surface area contributed by atoms with Crippen LogP contribution in [-0.2, 0) is 10.0 Å². The second-order valence-corrected chi connectivity index (χ2v) is 7.15. The quantitative estimate of drug-likeness (QED) is 0.860. The van der Waals surface area contributed by atoms with Gasteiger partial charge in [-0.25, -0.2) is 8.42 Å². The number of carbonyl (C=O) groups is 1. The molecule has 3 rings (SSSR count). The SMILES string of the molecule is CC(=O)c1cccc(NS(=O)(=O)c2cc3c(cc2C)OCCO3)c1. The molecule has 0 aliphatic carbocycles. The number of Topliss-reactive ketones (excluding diaryl/α,β-unsaturated/α-hetero) is 1. The van der Waals surface area contributed by atoms with Crippen LogP contribution in [0.2, 0.25) is 0 Å². The second kappa shape index (κ2) is 6.16. The molecule has 126 valence electrons. The fourth-order valence-electron chi connectivity index (χ4n) is 2.47. The van der Waals surface area contributed by atoms with E-state index in [-0.39, 0.29) is 10.7 Å². The lowest BCUT2D eigenvalue weighted by Gasteiger charge is -2.20. The maximum Gasteiger partial charge on any atom is 0.262 e. The number of fused-ring (bicyclic) bond motifs is 1. The Morgan fingerprint density at radius 2 is 1.75 bits per heavy atom. The van der Waals surface area contributed by atoms with Gasteiger partial charge in [-0.15, -0.1) is 0 Å². The number of anilines is 1. The maximum absolute atomic E-state index is 12.7. The molecule has 0 atom stereocenters. The van der Waals surface area contributed by atoms with Crippen molar-refractivity contribution in [2.75, 3.05) is 17.9 Å².